The smallest absolute Gasteiger partial charge is 0.148 e. The molecule has 18 heavy (non-hydrogen) atoms. The average Bonchev–Trinajstić information content (AvgIpc) is 3.13. The van der Waals surface area contributed by atoms with Crippen molar-refractivity contribution >= 4 is 17.3 Å². The summed E-state index contributed by atoms with van der Waals surface area (Å²) in [6, 6.07) is 4.90. The molecule has 0 bridgehead atoms. The zero-order valence-corrected chi connectivity index (χ0v) is 11.3. The van der Waals surface area contributed by atoms with Gasteiger partial charge in [-0.2, -0.15) is 0 Å². The average molecular weight is 269 g/mol. The summed E-state index contributed by atoms with van der Waals surface area (Å²) in [5.41, 5.74) is 0.664. The number of nitrogens with one attached hydrogen (secondary N) is 1. The zero-order valence-electron chi connectivity index (χ0n) is 10.5. The number of nitrogens with zero attached hydrogens (tertiary/aromatic N) is 1. The molecule has 2 fully saturated rings. The van der Waals surface area contributed by atoms with E-state index in [1.807, 2.05) is 0 Å². The fourth-order valence-corrected chi connectivity index (χ4v) is 3.27. The Morgan fingerprint density at radius 3 is 2.89 bits per heavy atom. The Hall–Kier alpha value is -0.800. The highest BCUT2D eigenvalue weighted by Gasteiger charge is 2.44. The van der Waals surface area contributed by atoms with Crippen LogP contribution >= 0.6 is 11.6 Å². The van der Waals surface area contributed by atoms with Crippen molar-refractivity contribution in [2.75, 3.05) is 24.5 Å². The van der Waals surface area contributed by atoms with Crippen molar-refractivity contribution in [3.05, 3.63) is 29.0 Å². The molecule has 1 unspecified atom stereocenters. The van der Waals surface area contributed by atoms with Gasteiger partial charge in [-0.05, 0) is 37.8 Å². The summed E-state index contributed by atoms with van der Waals surface area (Å²) in [5, 5.41) is 4.10. The largest absolute Gasteiger partial charge is 0.365 e. The first-order valence-electron chi connectivity index (χ1n) is 6.54. The molecule has 3 rings (SSSR count). The van der Waals surface area contributed by atoms with Crippen molar-refractivity contribution in [3.8, 4) is 0 Å². The van der Waals surface area contributed by atoms with Crippen molar-refractivity contribution in [1.29, 1.82) is 0 Å². The van der Waals surface area contributed by atoms with E-state index < -0.39 is 0 Å². The Labute approximate surface area is 112 Å². The van der Waals surface area contributed by atoms with Crippen LogP contribution < -0.4 is 10.2 Å². The van der Waals surface area contributed by atoms with Gasteiger partial charge in [0.2, 0.25) is 0 Å². The maximum absolute atomic E-state index is 14.0. The standard InChI is InChI=1S/C14H18ClFN2/c1-14(10-5-6-10)9-18(8-7-17-14)13-11(15)3-2-4-12(13)16/h2-4,10,17H,5-9H2,1H3. The van der Waals surface area contributed by atoms with Crippen LogP contribution in [0.1, 0.15) is 19.8 Å². The second-order valence-electron chi connectivity index (χ2n) is 5.61. The minimum Gasteiger partial charge on any atom is -0.365 e. The van der Waals surface area contributed by atoms with E-state index in [1.165, 1.54) is 18.9 Å². The molecule has 98 valence electrons. The molecule has 0 radical (unpaired) electrons. The number of anilines is 1. The molecule has 1 aliphatic heterocycles. The lowest BCUT2D eigenvalue weighted by Gasteiger charge is -2.43. The van der Waals surface area contributed by atoms with E-state index in [-0.39, 0.29) is 11.4 Å². The van der Waals surface area contributed by atoms with Gasteiger partial charge < -0.3 is 10.2 Å². The Morgan fingerprint density at radius 1 is 1.44 bits per heavy atom. The molecular formula is C14H18ClFN2. The lowest BCUT2D eigenvalue weighted by molar-refractivity contribution is 0.284. The Morgan fingerprint density at radius 2 is 2.22 bits per heavy atom. The molecule has 2 aliphatic rings. The summed E-state index contributed by atoms with van der Waals surface area (Å²) in [5.74, 6) is 0.508. The summed E-state index contributed by atoms with van der Waals surface area (Å²) in [4.78, 5) is 2.09. The number of piperazine rings is 1. The van der Waals surface area contributed by atoms with Crippen LogP contribution in [0.15, 0.2) is 18.2 Å². The highest BCUT2D eigenvalue weighted by atomic mass is 35.5. The van der Waals surface area contributed by atoms with Crippen molar-refractivity contribution in [2.24, 2.45) is 5.92 Å². The first kappa shape index (κ1) is 12.2. The van der Waals surface area contributed by atoms with Gasteiger partial charge in [0, 0.05) is 25.2 Å². The number of para-hydroxylation sites is 1. The van der Waals surface area contributed by atoms with Gasteiger partial charge >= 0.3 is 0 Å². The molecule has 1 aromatic carbocycles. The lowest BCUT2D eigenvalue weighted by atomic mass is 9.92. The van der Waals surface area contributed by atoms with Crippen LogP contribution in [0.4, 0.5) is 10.1 Å². The minimum atomic E-state index is -0.220. The molecule has 1 saturated heterocycles. The molecular weight excluding hydrogens is 251 g/mol. The van der Waals surface area contributed by atoms with E-state index in [1.54, 1.807) is 12.1 Å². The Balaban J connectivity index is 1.88. The van der Waals surface area contributed by atoms with Crippen LogP contribution in [0, 0.1) is 11.7 Å². The lowest BCUT2D eigenvalue weighted by Crippen LogP contribution is -2.60. The molecule has 1 saturated carbocycles. The quantitative estimate of drug-likeness (QED) is 0.887. The van der Waals surface area contributed by atoms with Crippen LogP contribution in [-0.2, 0) is 0 Å². The van der Waals surface area contributed by atoms with Crippen LogP contribution in [0.25, 0.3) is 0 Å². The number of halogens is 2. The SMILES string of the molecule is CC1(C2CC2)CN(c2c(F)cccc2Cl)CCN1. The number of benzene rings is 1. The van der Waals surface area contributed by atoms with E-state index in [4.69, 9.17) is 11.6 Å². The van der Waals surface area contributed by atoms with Gasteiger partial charge in [-0.15, -0.1) is 0 Å². The maximum Gasteiger partial charge on any atom is 0.148 e. The van der Waals surface area contributed by atoms with E-state index in [0.29, 0.717) is 10.7 Å². The van der Waals surface area contributed by atoms with Gasteiger partial charge in [0.1, 0.15) is 5.82 Å². The fraction of sp³-hybridized carbons (Fsp3) is 0.571. The van der Waals surface area contributed by atoms with Crippen molar-refractivity contribution in [2.45, 2.75) is 25.3 Å². The monoisotopic (exact) mass is 268 g/mol. The third kappa shape index (κ3) is 2.10. The predicted octanol–water partition coefficient (Wildman–Crippen LogP) is 3.06. The predicted molar refractivity (Wildman–Crippen MR) is 72.8 cm³/mol. The highest BCUT2D eigenvalue weighted by molar-refractivity contribution is 6.33. The molecule has 1 atom stereocenters. The summed E-state index contributed by atoms with van der Waals surface area (Å²) in [7, 11) is 0. The van der Waals surface area contributed by atoms with Gasteiger partial charge in [-0.25, -0.2) is 4.39 Å². The van der Waals surface area contributed by atoms with E-state index in [9.17, 15) is 4.39 Å². The second kappa shape index (κ2) is 4.39. The van der Waals surface area contributed by atoms with E-state index in [2.05, 4.69) is 17.1 Å². The van der Waals surface area contributed by atoms with Gasteiger partial charge in [-0.3, -0.25) is 0 Å². The van der Waals surface area contributed by atoms with Gasteiger partial charge in [-0.1, -0.05) is 17.7 Å². The summed E-state index contributed by atoms with van der Waals surface area (Å²) >= 11 is 6.15. The van der Waals surface area contributed by atoms with Crippen LogP contribution in [0.5, 0.6) is 0 Å². The minimum absolute atomic E-state index is 0.101. The summed E-state index contributed by atoms with van der Waals surface area (Å²) < 4.78 is 14.0. The van der Waals surface area contributed by atoms with Crippen molar-refractivity contribution in [1.82, 2.24) is 5.32 Å². The topological polar surface area (TPSA) is 15.3 Å². The summed E-state index contributed by atoms with van der Waals surface area (Å²) in [6.07, 6.45) is 2.56. The van der Waals surface area contributed by atoms with Crippen LogP contribution in [0.2, 0.25) is 5.02 Å². The molecule has 0 amide bonds. The fourth-order valence-electron chi connectivity index (χ4n) is 2.98. The zero-order chi connectivity index (χ0) is 12.8. The third-order valence-electron chi connectivity index (χ3n) is 4.16. The highest BCUT2D eigenvalue weighted by Crippen LogP contribution is 2.42. The molecule has 4 heteroatoms. The number of hydrogen-bond donors (Lipinski definition) is 1. The van der Waals surface area contributed by atoms with Crippen LogP contribution in [-0.4, -0.2) is 25.2 Å². The van der Waals surface area contributed by atoms with Gasteiger partial charge in [0.05, 0.1) is 10.7 Å². The Bertz CT molecular complexity index is 441. The summed E-state index contributed by atoms with van der Waals surface area (Å²) in [6.45, 7) is 4.77. The molecule has 1 aromatic rings. The third-order valence-corrected chi connectivity index (χ3v) is 4.47. The molecule has 0 spiro atoms. The van der Waals surface area contributed by atoms with Gasteiger partial charge in [0.25, 0.3) is 0 Å². The Kier molecular flexibility index (Phi) is 2.99. The molecule has 1 N–H and O–H groups in total. The first-order chi connectivity index (χ1) is 8.60. The first-order valence-corrected chi connectivity index (χ1v) is 6.92. The van der Waals surface area contributed by atoms with Crippen molar-refractivity contribution in [3.63, 3.8) is 0 Å². The number of hydrogen-bond acceptors (Lipinski definition) is 2. The van der Waals surface area contributed by atoms with Gasteiger partial charge in [0.15, 0.2) is 0 Å². The molecule has 0 aromatic heterocycles. The second-order valence-corrected chi connectivity index (χ2v) is 6.02. The van der Waals surface area contributed by atoms with E-state index in [0.717, 1.165) is 25.6 Å². The van der Waals surface area contributed by atoms with E-state index >= 15 is 0 Å². The molecule has 1 aliphatic carbocycles. The number of rotatable bonds is 2. The maximum atomic E-state index is 14.0. The van der Waals surface area contributed by atoms with Crippen molar-refractivity contribution < 1.29 is 4.39 Å². The molecule has 2 nitrogen and oxygen atoms in total. The molecule has 1 heterocycles. The normalized spacial score (nSPS) is 28.5. The van der Waals surface area contributed by atoms with Crippen LogP contribution in [0.3, 0.4) is 0 Å².